The van der Waals surface area contributed by atoms with E-state index >= 15 is 0 Å². The van der Waals surface area contributed by atoms with Gasteiger partial charge in [0.1, 0.15) is 0 Å². The molecule has 1 aliphatic heterocycles. The Labute approximate surface area is 112 Å². The number of nitrogens with zero attached hydrogens (tertiary/aromatic N) is 2. The number of rotatable bonds is 3. The van der Waals surface area contributed by atoms with Gasteiger partial charge in [0, 0.05) is 44.0 Å². The molecule has 1 atom stereocenters. The van der Waals surface area contributed by atoms with Crippen LogP contribution in [0.5, 0.6) is 0 Å². The zero-order valence-corrected chi connectivity index (χ0v) is 11.9. The molecular formula is C13H21N3OS. The predicted molar refractivity (Wildman–Crippen MR) is 75.7 cm³/mol. The van der Waals surface area contributed by atoms with Crippen molar-refractivity contribution in [3.8, 4) is 0 Å². The SMILES string of the molecule is CC(=O)N1CCN(C(C)Cc2ccc(N)s2)CC1. The van der Waals surface area contributed by atoms with Crippen LogP contribution in [-0.2, 0) is 11.2 Å². The highest BCUT2D eigenvalue weighted by Gasteiger charge is 2.22. The molecule has 1 unspecified atom stereocenters. The topological polar surface area (TPSA) is 49.6 Å². The van der Waals surface area contributed by atoms with Gasteiger partial charge in [0.25, 0.3) is 0 Å². The Hall–Kier alpha value is -1.07. The molecule has 0 bridgehead atoms. The lowest BCUT2D eigenvalue weighted by Gasteiger charge is -2.37. The van der Waals surface area contributed by atoms with Gasteiger partial charge in [-0.3, -0.25) is 9.69 Å². The number of hydrogen-bond acceptors (Lipinski definition) is 4. The second-order valence-electron chi connectivity index (χ2n) is 4.90. The molecule has 100 valence electrons. The number of piperazine rings is 1. The normalized spacial score (nSPS) is 18.9. The lowest BCUT2D eigenvalue weighted by molar-refractivity contribution is -0.130. The van der Waals surface area contributed by atoms with Crippen molar-refractivity contribution in [1.82, 2.24) is 9.80 Å². The molecule has 1 aliphatic rings. The summed E-state index contributed by atoms with van der Waals surface area (Å²) in [6.07, 6.45) is 1.04. The van der Waals surface area contributed by atoms with E-state index in [0.717, 1.165) is 37.6 Å². The van der Waals surface area contributed by atoms with Crippen LogP contribution in [0.25, 0.3) is 0 Å². The van der Waals surface area contributed by atoms with Crippen molar-refractivity contribution < 1.29 is 4.79 Å². The summed E-state index contributed by atoms with van der Waals surface area (Å²) in [6.45, 7) is 7.55. The third kappa shape index (κ3) is 3.23. The molecule has 1 fully saturated rings. The summed E-state index contributed by atoms with van der Waals surface area (Å²) in [5.74, 6) is 0.188. The van der Waals surface area contributed by atoms with Crippen LogP contribution in [0.2, 0.25) is 0 Å². The lowest BCUT2D eigenvalue weighted by atomic mass is 10.1. The van der Waals surface area contributed by atoms with Crippen LogP contribution in [0.1, 0.15) is 18.7 Å². The molecule has 1 amide bonds. The van der Waals surface area contributed by atoms with Crippen molar-refractivity contribution in [2.75, 3.05) is 31.9 Å². The van der Waals surface area contributed by atoms with Crippen molar-refractivity contribution in [3.63, 3.8) is 0 Å². The van der Waals surface area contributed by atoms with Crippen molar-refractivity contribution in [1.29, 1.82) is 0 Å². The number of nitrogen functional groups attached to an aromatic ring is 1. The van der Waals surface area contributed by atoms with E-state index in [0.29, 0.717) is 6.04 Å². The Morgan fingerprint density at radius 1 is 1.39 bits per heavy atom. The number of carbonyl (C=O) groups is 1. The first-order valence-electron chi connectivity index (χ1n) is 6.40. The Bertz CT molecular complexity index is 410. The zero-order valence-electron chi connectivity index (χ0n) is 11.1. The van der Waals surface area contributed by atoms with Gasteiger partial charge in [-0.2, -0.15) is 0 Å². The molecule has 0 aromatic carbocycles. The third-order valence-electron chi connectivity index (χ3n) is 3.56. The van der Waals surface area contributed by atoms with Crippen molar-refractivity contribution in [2.45, 2.75) is 26.3 Å². The van der Waals surface area contributed by atoms with E-state index in [-0.39, 0.29) is 5.91 Å². The van der Waals surface area contributed by atoms with E-state index < -0.39 is 0 Å². The maximum Gasteiger partial charge on any atom is 0.219 e. The highest BCUT2D eigenvalue weighted by atomic mass is 32.1. The second-order valence-corrected chi connectivity index (χ2v) is 6.10. The largest absolute Gasteiger partial charge is 0.391 e. The Morgan fingerprint density at radius 3 is 2.56 bits per heavy atom. The smallest absolute Gasteiger partial charge is 0.219 e. The second kappa shape index (κ2) is 5.71. The molecule has 0 aliphatic carbocycles. The fourth-order valence-corrected chi connectivity index (χ4v) is 3.30. The van der Waals surface area contributed by atoms with E-state index in [2.05, 4.69) is 17.9 Å². The minimum absolute atomic E-state index is 0.188. The van der Waals surface area contributed by atoms with Crippen molar-refractivity contribution in [2.24, 2.45) is 0 Å². The van der Waals surface area contributed by atoms with E-state index in [1.54, 1.807) is 18.3 Å². The van der Waals surface area contributed by atoms with Gasteiger partial charge >= 0.3 is 0 Å². The average Bonchev–Trinajstić information content (AvgIpc) is 2.75. The van der Waals surface area contributed by atoms with Crippen LogP contribution in [-0.4, -0.2) is 47.9 Å². The summed E-state index contributed by atoms with van der Waals surface area (Å²) >= 11 is 1.67. The standard InChI is InChI=1S/C13H21N3OS/c1-10(9-12-3-4-13(14)18-12)15-5-7-16(8-6-15)11(2)17/h3-4,10H,5-9,14H2,1-2H3. The van der Waals surface area contributed by atoms with Gasteiger partial charge in [0.05, 0.1) is 5.00 Å². The fraction of sp³-hybridized carbons (Fsp3) is 0.615. The van der Waals surface area contributed by atoms with Gasteiger partial charge in [-0.25, -0.2) is 0 Å². The third-order valence-corrected chi connectivity index (χ3v) is 4.50. The van der Waals surface area contributed by atoms with Crippen molar-refractivity contribution in [3.05, 3.63) is 17.0 Å². The van der Waals surface area contributed by atoms with Crippen LogP contribution in [0.4, 0.5) is 5.00 Å². The summed E-state index contributed by atoms with van der Waals surface area (Å²) in [6, 6.07) is 4.60. The van der Waals surface area contributed by atoms with Gasteiger partial charge in [0.15, 0.2) is 0 Å². The number of amides is 1. The Balaban J connectivity index is 1.84. The number of anilines is 1. The maximum atomic E-state index is 11.3. The molecule has 0 saturated carbocycles. The van der Waals surface area contributed by atoms with Gasteiger partial charge in [0.2, 0.25) is 5.91 Å². The van der Waals surface area contributed by atoms with Crippen LogP contribution >= 0.6 is 11.3 Å². The van der Waals surface area contributed by atoms with E-state index in [9.17, 15) is 4.79 Å². The molecule has 4 nitrogen and oxygen atoms in total. The van der Waals surface area contributed by atoms with Gasteiger partial charge in [-0.15, -0.1) is 11.3 Å². The first-order valence-corrected chi connectivity index (χ1v) is 7.21. The van der Waals surface area contributed by atoms with Crippen LogP contribution in [0.15, 0.2) is 12.1 Å². The minimum atomic E-state index is 0.188. The molecule has 1 aromatic rings. The summed E-state index contributed by atoms with van der Waals surface area (Å²) < 4.78 is 0. The summed E-state index contributed by atoms with van der Waals surface area (Å²) in [7, 11) is 0. The predicted octanol–water partition coefficient (Wildman–Crippen LogP) is 1.43. The fourth-order valence-electron chi connectivity index (χ4n) is 2.40. The monoisotopic (exact) mass is 267 g/mol. The number of hydrogen-bond donors (Lipinski definition) is 1. The van der Waals surface area contributed by atoms with E-state index in [1.807, 2.05) is 11.0 Å². The summed E-state index contributed by atoms with van der Waals surface area (Å²) in [5.41, 5.74) is 5.75. The quantitative estimate of drug-likeness (QED) is 0.901. The van der Waals surface area contributed by atoms with Crippen LogP contribution in [0, 0.1) is 0 Å². The highest BCUT2D eigenvalue weighted by Crippen LogP contribution is 2.21. The molecule has 1 aromatic heterocycles. The van der Waals surface area contributed by atoms with Gasteiger partial charge in [-0.1, -0.05) is 0 Å². The van der Waals surface area contributed by atoms with Crippen molar-refractivity contribution >= 4 is 22.2 Å². The zero-order chi connectivity index (χ0) is 13.1. The van der Waals surface area contributed by atoms with Crippen LogP contribution < -0.4 is 5.73 Å². The minimum Gasteiger partial charge on any atom is -0.391 e. The molecule has 5 heteroatoms. The molecular weight excluding hydrogens is 246 g/mol. The lowest BCUT2D eigenvalue weighted by Crippen LogP contribution is -2.51. The average molecular weight is 267 g/mol. The summed E-state index contributed by atoms with van der Waals surface area (Å²) in [4.78, 5) is 17.0. The summed E-state index contributed by atoms with van der Waals surface area (Å²) in [5, 5.41) is 0.888. The molecule has 2 N–H and O–H groups in total. The van der Waals surface area contributed by atoms with Gasteiger partial charge in [-0.05, 0) is 25.5 Å². The molecule has 1 saturated heterocycles. The number of carbonyl (C=O) groups excluding carboxylic acids is 1. The van der Waals surface area contributed by atoms with E-state index in [1.165, 1.54) is 4.88 Å². The molecule has 2 heterocycles. The Kier molecular flexibility index (Phi) is 4.24. The number of nitrogens with two attached hydrogens (primary N) is 1. The Morgan fingerprint density at radius 2 is 2.06 bits per heavy atom. The molecule has 2 rings (SSSR count). The first kappa shape index (κ1) is 13.4. The van der Waals surface area contributed by atoms with Crippen LogP contribution in [0.3, 0.4) is 0 Å². The molecule has 18 heavy (non-hydrogen) atoms. The number of thiophene rings is 1. The van der Waals surface area contributed by atoms with Gasteiger partial charge < -0.3 is 10.6 Å². The first-order chi connectivity index (χ1) is 8.56. The maximum absolute atomic E-state index is 11.3. The highest BCUT2D eigenvalue weighted by molar-refractivity contribution is 7.15. The molecule has 0 radical (unpaired) electrons. The van der Waals surface area contributed by atoms with E-state index in [4.69, 9.17) is 5.73 Å². The molecule has 0 spiro atoms.